The van der Waals surface area contributed by atoms with Gasteiger partial charge in [0.25, 0.3) is 0 Å². The highest BCUT2D eigenvalue weighted by Gasteiger charge is 2.04. The van der Waals surface area contributed by atoms with Crippen LogP contribution in [0.3, 0.4) is 0 Å². The van der Waals surface area contributed by atoms with Crippen LogP contribution in [0.2, 0.25) is 0 Å². The van der Waals surface area contributed by atoms with Crippen LogP contribution in [0.25, 0.3) is 11.0 Å². The van der Waals surface area contributed by atoms with E-state index in [1.54, 1.807) is 24.4 Å². The number of rotatable bonds is 2. The van der Waals surface area contributed by atoms with Crippen LogP contribution in [0.15, 0.2) is 53.5 Å². The molecule has 0 saturated carbocycles. The van der Waals surface area contributed by atoms with Gasteiger partial charge in [0.2, 0.25) is 0 Å². The van der Waals surface area contributed by atoms with E-state index in [-0.39, 0.29) is 5.82 Å². The minimum Gasteiger partial charge on any atom is -0.326 e. The number of aromatic nitrogens is 2. The lowest BCUT2D eigenvalue weighted by molar-refractivity contribution is 0.630. The van der Waals surface area contributed by atoms with Gasteiger partial charge in [-0.25, -0.2) is 14.4 Å². The lowest BCUT2D eigenvalue weighted by atomic mass is 10.3. The number of aliphatic imine (C=N–C) groups is 1. The van der Waals surface area contributed by atoms with E-state index in [0.717, 1.165) is 11.0 Å². The number of para-hydroxylation sites is 3. The van der Waals surface area contributed by atoms with E-state index >= 15 is 0 Å². The van der Waals surface area contributed by atoms with E-state index in [2.05, 4.69) is 9.98 Å². The number of halogens is 1. The topological polar surface area (TPSA) is 30.2 Å². The summed E-state index contributed by atoms with van der Waals surface area (Å²) in [6, 6.07) is 14.2. The zero-order valence-electron chi connectivity index (χ0n) is 10.4. The lowest BCUT2D eigenvalue weighted by Crippen LogP contribution is -1.95. The molecule has 0 spiro atoms. The largest absolute Gasteiger partial charge is 0.326 e. The van der Waals surface area contributed by atoms with Gasteiger partial charge >= 0.3 is 0 Å². The third kappa shape index (κ3) is 2.12. The molecule has 0 fully saturated rings. The van der Waals surface area contributed by atoms with E-state index in [4.69, 9.17) is 0 Å². The Morgan fingerprint density at radius 3 is 2.63 bits per heavy atom. The van der Waals surface area contributed by atoms with Crippen molar-refractivity contribution in [1.29, 1.82) is 0 Å². The number of fused-ring (bicyclic) bond motifs is 1. The molecule has 3 aromatic rings. The van der Waals surface area contributed by atoms with Crippen LogP contribution in [0.1, 0.15) is 5.82 Å². The Hall–Kier alpha value is -2.49. The van der Waals surface area contributed by atoms with E-state index in [0.29, 0.717) is 11.5 Å². The summed E-state index contributed by atoms with van der Waals surface area (Å²) in [4.78, 5) is 8.60. The van der Waals surface area contributed by atoms with E-state index in [9.17, 15) is 4.39 Å². The molecule has 0 N–H and O–H groups in total. The Morgan fingerprint density at radius 1 is 1.11 bits per heavy atom. The van der Waals surface area contributed by atoms with Gasteiger partial charge in [-0.2, -0.15) is 0 Å². The fourth-order valence-electron chi connectivity index (χ4n) is 1.96. The molecule has 0 aliphatic heterocycles. The molecule has 0 radical (unpaired) electrons. The molecule has 1 heterocycles. The van der Waals surface area contributed by atoms with Crippen molar-refractivity contribution in [3.8, 4) is 0 Å². The Morgan fingerprint density at radius 2 is 1.84 bits per heavy atom. The van der Waals surface area contributed by atoms with Gasteiger partial charge in [0.15, 0.2) is 5.82 Å². The van der Waals surface area contributed by atoms with Crippen molar-refractivity contribution >= 4 is 22.9 Å². The number of nitrogens with zero attached hydrogens (tertiary/aromatic N) is 3. The van der Waals surface area contributed by atoms with Crippen LogP contribution in [0, 0.1) is 5.82 Å². The van der Waals surface area contributed by atoms with Gasteiger partial charge in [0.05, 0.1) is 22.9 Å². The normalized spacial score (nSPS) is 11.5. The van der Waals surface area contributed by atoms with Crippen LogP contribution in [-0.4, -0.2) is 15.8 Å². The summed E-state index contributed by atoms with van der Waals surface area (Å²) in [7, 11) is 1.91. The summed E-state index contributed by atoms with van der Waals surface area (Å²) in [5.41, 5.74) is 2.24. The summed E-state index contributed by atoms with van der Waals surface area (Å²) >= 11 is 0. The highest BCUT2D eigenvalue weighted by Crippen LogP contribution is 2.17. The van der Waals surface area contributed by atoms with Crippen molar-refractivity contribution in [2.24, 2.45) is 12.0 Å². The molecule has 0 aliphatic carbocycles. The maximum atomic E-state index is 13.5. The maximum Gasteiger partial charge on any atom is 0.152 e. The fourth-order valence-corrected chi connectivity index (χ4v) is 1.96. The molecule has 3 rings (SSSR count). The molecule has 1 aromatic heterocycles. The monoisotopic (exact) mass is 253 g/mol. The molecule has 0 bridgehead atoms. The average Bonchev–Trinajstić information content (AvgIpc) is 2.75. The Labute approximate surface area is 110 Å². The van der Waals surface area contributed by atoms with Gasteiger partial charge < -0.3 is 4.57 Å². The van der Waals surface area contributed by atoms with Gasteiger partial charge in [0, 0.05) is 7.05 Å². The molecular weight excluding hydrogens is 241 g/mol. The lowest BCUT2D eigenvalue weighted by Gasteiger charge is -1.97. The molecule has 0 amide bonds. The highest BCUT2D eigenvalue weighted by atomic mass is 19.1. The second-order valence-corrected chi connectivity index (χ2v) is 4.23. The first kappa shape index (κ1) is 11.6. The third-order valence-corrected chi connectivity index (χ3v) is 2.99. The predicted octanol–water partition coefficient (Wildman–Crippen LogP) is 3.46. The smallest absolute Gasteiger partial charge is 0.152 e. The van der Waals surface area contributed by atoms with Crippen LogP contribution >= 0.6 is 0 Å². The number of benzene rings is 2. The van der Waals surface area contributed by atoms with Gasteiger partial charge in [-0.3, -0.25) is 0 Å². The SMILES string of the molecule is Cn1c(C=Nc2ccccc2F)nc2ccccc21. The first-order valence-corrected chi connectivity index (χ1v) is 5.96. The molecule has 94 valence electrons. The molecule has 2 aromatic carbocycles. The molecule has 0 aliphatic rings. The molecule has 0 unspecified atom stereocenters. The summed E-state index contributed by atoms with van der Waals surface area (Å²) in [5, 5.41) is 0. The van der Waals surface area contributed by atoms with Crippen molar-refractivity contribution in [2.45, 2.75) is 0 Å². The minimum atomic E-state index is -0.336. The van der Waals surface area contributed by atoms with Gasteiger partial charge in [-0.05, 0) is 24.3 Å². The first-order valence-electron chi connectivity index (χ1n) is 5.96. The van der Waals surface area contributed by atoms with Crippen molar-refractivity contribution in [1.82, 2.24) is 9.55 Å². The molecule has 0 saturated heterocycles. The zero-order chi connectivity index (χ0) is 13.2. The van der Waals surface area contributed by atoms with E-state index in [1.165, 1.54) is 6.07 Å². The van der Waals surface area contributed by atoms with Gasteiger partial charge in [-0.1, -0.05) is 24.3 Å². The number of hydrogen-bond donors (Lipinski definition) is 0. The summed E-state index contributed by atoms with van der Waals surface area (Å²) in [6.45, 7) is 0. The summed E-state index contributed by atoms with van der Waals surface area (Å²) in [5.74, 6) is 0.363. The Kier molecular flexibility index (Phi) is 2.83. The van der Waals surface area contributed by atoms with Crippen LogP contribution < -0.4 is 0 Å². The molecule has 19 heavy (non-hydrogen) atoms. The number of hydrogen-bond acceptors (Lipinski definition) is 2. The first-order chi connectivity index (χ1) is 9.25. The molecule has 3 nitrogen and oxygen atoms in total. The van der Waals surface area contributed by atoms with Crippen LogP contribution in [0.4, 0.5) is 10.1 Å². The molecular formula is C15H12FN3. The quantitative estimate of drug-likeness (QED) is 0.643. The summed E-state index contributed by atoms with van der Waals surface area (Å²) in [6.07, 6.45) is 1.58. The third-order valence-electron chi connectivity index (χ3n) is 2.99. The number of imidazole rings is 1. The Bertz CT molecular complexity index is 759. The van der Waals surface area contributed by atoms with Crippen molar-refractivity contribution in [3.05, 3.63) is 60.2 Å². The predicted molar refractivity (Wildman–Crippen MR) is 74.4 cm³/mol. The van der Waals surface area contributed by atoms with Gasteiger partial charge in [0.1, 0.15) is 5.82 Å². The van der Waals surface area contributed by atoms with E-state index < -0.39 is 0 Å². The van der Waals surface area contributed by atoms with Crippen LogP contribution in [-0.2, 0) is 7.05 Å². The standard InChI is InChI=1S/C15H12FN3/c1-19-14-9-5-4-8-13(14)18-15(19)10-17-12-7-3-2-6-11(12)16/h2-10H,1H3. The van der Waals surface area contributed by atoms with Gasteiger partial charge in [-0.15, -0.1) is 0 Å². The minimum absolute atomic E-state index is 0.314. The average molecular weight is 253 g/mol. The second kappa shape index (κ2) is 4.65. The highest BCUT2D eigenvalue weighted by molar-refractivity contribution is 5.86. The zero-order valence-corrected chi connectivity index (χ0v) is 10.4. The van der Waals surface area contributed by atoms with Crippen molar-refractivity contribution < 1.29 is 4.39 Å². The Balaban J connectivity index is 2.02. The fraction of sp³-hybridized carbons (Fsp3) is 0.0667. The van der Waals surface area contributed by atoms with Crippen LogP contribution in [0.5, 0.6) is 0 Å². The molecule has 0 atom stereocenters. The maximum absolute atomic E-state index is 13.5. The van der Waals surface area contributed by atoms with E-state index in [1.807, 2.05) is 35.9 Å². The molecule has 4 heteroatoms. The van der Waals surface area contributed by atoms with Crippen molar-refractivity contribution in [2.75, 3.05) is 0 Å². The van der Waals surface area contributed by atoms with Crippen molar-refractivity contribution in [3.63, 3.8) is 0 Å². The number of aryl methyl sites for hydroxylation is 1. The second-order valence-electron chi connectivity index (χ2n) is 4.23. The summed E-state index contributed by atoms with van der Waals surface area (Å²) < 4.78 is 15.4.